The van der Waals surface area contributed by atoms with Gasteiger partial charge in [-0.15, -0.1) is 0 Å². The lowest BCUT2D eigenvalue weighted by molar-refractivity contribution is -0.156. The molecule has 0 aromatic carbocycles. The lowest BCUT2D eigenvalue weighted by atomic mass is 10.1. The molecule has 6 nitrogen and oxygen atoms in total. The standard InChI is InChI=1S/C7H12O3.C4H6O3/c1-5(7(9)10)3-4-6(2)8;1-3(5)7-4(2)6/h6,8H,1,3-4H2,2H3,(H,9,10);1-2H3. The van der Waals surface area contributed by atoms with Crippen molar-refractivity contribution in [1.82, 2.24) is 0 Å². The molecule has 0 bridgehead atoms. The highest BCUT2D eigenvalue weighted by atomic mass is 16.6. The first-order valence-electron chi connectivity index (χ1n) is 4.95. The Morgan fingerprint density at radius 1 is 1.24 bits per heavy atom. The molecule has 0 saturated carbocycles. The van der Waals surface area contributed by atoms with Crippen LogP contribution in [0.4, 0.5) is 0 Å². The molecule has 6 heteroatoms. The minimum absolute atomic E-state index is 0.154. The Hall–Kier alpha value is -1.69. The van der Waals surface area contributed by atoms with Crippen LogP contribution < -0.4 is 0 Å². The zero-order chi connectivity index (χ0) is 14.0. The van der Waals surface area contributed by atoms with Gasteiger partial charge in [0.1, 0.15) is 0 Å². The van der Waals surface area contributed by atoms with Crippen LogP contribution in [0.15, 0.2) is 12.2 Å². The van der Waals surface area contributed by atoms with Crippen LogP contribution in [0.25, 0.3) is 0 Å². The molecule has 0 spiro atoms. The zero-order valence-electron chi connectivity index (χ0n) is 10.2. The molecule has 2 N–H and O–H groups in total. The van der Waals surface area contributed by atoms with Crippen molar-refractivity contribution < 1.29 is 29.3 Å². The summed E-state index contributed by atoms with van der Waals surface area (Å²) in [5.41, 5.74) is 0.154. The van der Waals surface area contributed by atoms with Gasteiger partial charge in [0.05, 0.1) is 6.10 Å². The maximum absolute atomic E-state index is 10.1. The highest BCUT2D eigenvalue weighted by Crippen LogP contribution is 2.04. The molecule has 0 aromatic rings. The Kier molecular flexibility index (Phi) is 9.92. The number of carbonyl (C=O) groups excluding carboxylic acids is 2. The van der Waals surface area contributed by atoms with E-state index in [1.54, 1.807) is 6.92 Å². The fraction of sp³-hybridized carbons (Fsp3) is 0.545. The second-order valence-corrected chi connectivity index (χ2v) is 3.38. The first-order chi connectivity index (χ1) is 7.66. The summed E-state index contributed by atoms with van der Waals surface area (Å²) in [5.74, 6) is -2.11. The van der Waals surface area contributed by atoms with Crippen LogP contribution in [0.3, 0.4) is 0 Å². The number of carboxylic acid groups (broad SMARTS) is 1. The minimum Gasteiger partial charge on any atom is -0.478 e. The van der Waals surface area contributed by atoms with Crippen molar-refractivity contribution in [2.45, 2.75) is 39.7 Å². The topological polar surface area (TPSA) is 101 Å². The van der Waals surface area contributed by atoms with Crippen molar-refractivity contribution in [2.24, 2.45) is 0 Å². The van der Waals surface area contributed by atoms with E-state index >= 15 is 0 Å². The summed E-state index contributed by atoms with van der Waals surface area (Å²) in [7, 11) is 0. The number of aliphatic hydroxyl groups is 1. The van der Waals surface area contributed by atoms with E-state index in [9.17, 15) is 14.4 Å². The molecule has 0 aliphatic rings. The number of aliphatic carboxylic acids is 1. The van der Waals surface area contributed by atoms with Gasteiger partial charge < -0.3 is 14.9 Å². The molecule has 0 aliphatic carbocycles. The molecule has 17 heavy (non-hydrogen) atoms. The summed E-state index contributed by atoms with van der Waals surface area (Å²) >= 11 is 0. The molecule has 0 radical (unpaired) electrons. The SMILES string of the molecule is C=C(CCC(C)O)C(=O)O.CC(=O)OC(C)=O. The van der Waals surface area contributed by atoms with Crippen LogP contribution in [0.5, 0.6) is 0 Å². The average molecular weight is 246 g/mol. The summed E-state index contributed by atoms with van der Waals surface area (Å²) in [6.07, 6.45) is 0.370. The average Bonchev–Trinajstić information content (AvgIpc) is 2.12. The number of aliphatic hydroxyl groups excluding tert-OH is 1. The van der Waals surface area contributed by atoms with Gasteiger partial charge in [-0.25, -0.2) is 4.79 Å². The van der Waals surface area contributed by atoms with Crippen molar-refractivity contribution in [3.63, 3.8) is 0 Å². The smallest absolute Gasteiger partial charge is 0.330 e. The molecule has 0 saturated heterocycles. The summed E-state index contributed by atoms with van der Waals surface area (Å²) in [6.45, 7) is 7.30. The zero-order valence-corrected chi connectivity index (χ0v) is 10.2. The van der Waals surface area contributed by atoms with Gasteiger partial charge >= 0.3 is 17.9 Å². The predicted octanol–water partition coefficient (Wildman–Crippen LogP) is 0.884. The summed E-state index contributed by atoms with van der Waals surface area (Å²) in [5, 5.41) is 17.1. The summed E-state index contributed by atoms with van der Waals surface area (Å²) in [4.78, 5) is 29.8. The largest absolute Gasteiger partial charge is 0.478 e. The quantitative estimate of drug-likeness (QED) is 0.434. The van der Waals surface area contributed by atoms with E-state index in [0.717, 1.165) is 0 Å². The van der Waals surface area contributed by atoms with Crippen molar-refractivity contribution in [3.05, 3.63) is 12.2 Å². The predicted molar refractivity (Wildman–Crippen MR) is 60.1 cm³/mol. The molecule has 0 heterocycles. The number of hydrogen-bond acceptors (Lipinski definition) is 5. The number of carboxylic acids is 1. The molecule has 1 atom stereocenters. The molecular weight excluding hydrogens is 228 g/mol. The number of hydrogen-bond donors (Lipinski definition) is 2. The van der Waals surface area contributed by atoms with Gasteiger partial charge in [0.25, 0.3) is 0 Å². The fourth-order valence-corrected chi connectivity index (χ4v) is 0.692. The minimum atomic E-state index is -0.986. The maximum Gasteiger partial charge on any atom is 0.330 e. The van der Waals surface area contributed by atoms with Gasteiger partial charge in [0.15, 0.2) is 0 Å². The van der Waals surface area contributed by atoms with E-state index in [1.807, 2.05) is 0 Å². The first kappa shape index (κ1) is 17.7. The monoisotopic (exact) mass is 246 g/mol. The third kappa shape index (κ3) is 17.0. The van der Waals surface area contributed by atoms with Crippen LogP contribution >= 0.6 is 0 Å². The Bertz CT molecular complexity index is 280. The van der Waals surface area contributed by atoms with Crippen molar-refractivity contribution in [1.29, 1.82) is 0 Å². The van der Waals surface area contributed by atoms with Gasteiger partial charge in [-0.3, -0.25) is 9.59 Å². The van der Waals surface area contributed by atoms with Gasteiger partial charge in [0.2, 0.25) is 0 Å². The number of esters is 2. The highest BCUT2D eigenvalue weighted by Gasteiger charge is 2.04. The van der Waals surface area contributed by atoms with E-state index in [1.165, 1.54) is 13.8 Å². The van der Waals surface area contributed by atoms with E-state index < -0.39 is 24.0 Å². The second kappa shape index (κ2) is 9.53. The molecule has 98 valence electrons. The van der Waals surface area contributed by atoms with Crippen molar-refractivity contribution in [2.75, 3.05) is 0 Å². The van der Waals surface area contributed by atoms with E-state index in [4.69, 9.17) is 10.2 Å². The summed E-state index contributed by atoms with van der Waals surface area (Å²) in [6, 6.07) is 0. The number of carbonyl (C=O) groups is 3. The van der Waals surface area contributed by atoms with E-state index in [0.29, 0.717) is 12.8 Å². The molecule has 1 unspecified atom stereocenters. The lowest BCUT2D eigenvalue weighted by Gasteiger charge is -2.01. The van der Waals surface area contributed by atoms with Crippen molar-refractivity contribution >= 4 is 17.9 Å². The molecule has 0 aliphatic heterocycles. The fourth-order valence-electron chi connectivity index (χ4n) is 0.692. The normalized spacial score (nSPS) is 10.6. The molecule has 0 fully saturated rings. The Morgan fingerprint density at radius 2 is 1.65 bits per heavy atom. The third-order valence-electron chi connectivity index (χ3n) is 1.45. The van der Waals surface area contributed by atoms with Crippen LogP contribution in [-0.4, -0.2) is 34.2 Å². The van der Waals surface area contributed by atoms with Crippen LogP contribution in [0.2, 0.25) is 0 Å². The van der Waals surface area contributed by atoms with E-state index in [2.05, 4.69) is 11.3 Å². The second-order valence-electron chi connectivity index (χ2n) is 3.38. The van der Waals surface area contributed by atoms with E-state index in [-0.39, 0.29) is 5.57 Å². The lowest BCUT2D eigenvalue weighted by Crippen LogP contribution is -2.04. The van der Waals surface area contributed by atoms with Gasteiger partial charge in [-0.2, -0.15) is 0 Å². The summed E-state index contributed by atoms with van der Waals surface area (Å²) < 4.78 is 3.97. The first-order valence-corrected chi connectivity index (χ1v) is 4.95. The van der Waals surface area contributed by atoms with Crippen LogP contribution in [0.1, 0.15) is 33.6 Å². The molecule has 0 aromatic heterocycles. The van der Waals surface area contributed by atoms with Gasteiger partial charge in [0, 0.05) is 19.4 Å². The molecule has 0 amide bonds. The Labute approximate surface area is 99.9 Å². The Balaban J connectivity index is 0. The molecular formula is C11H18O6. The van der Waals surface area contributed by atoms with Crippen molar-refractivity contribution in [3.8, 4) is 0 Å². The molecule has 0 rings (SSSR count). The van der Waals surface area contributed by atoms with Gasteiger partial charge in [-0.05, 0) is 19.8 Å². The van der Waals surface area contributed by atoms with Gasteiger partial charge in [-0.1, -0.05) is 6.58 Å². The third-order valence-corrected chi connectivity index (χ3v) is 1.45. The maximum atomic E-state index is 10.1. The van der Waals surface area contributed by atoms with Crippen LogP contribution in [0, 0.1) is 0 Å². The van der Waals surface area contributed by atoms with Crippen LogP contribution in [-0.2, 0) is 19.1 Å². The Morgan fingerprint density at radius 3 is 1.82 bits per heavy atom. The number of rotatable bonds is 4. The number of ether oxygens (including phenoxy) is 1. The highest BCUT2D eigenvalue weighted by molar-refractivity contribution is 5.85.